The van der Waals surface area contributed by atoms with E-state index in [0.717, 1.165) is 40.0 Å². The highest BCUT2D eigenvalue weighted by atomic mass is 79.9. The number of rotatable bonds is 3. The summed E-state index contributed by atoms with van der Waals surface area (Å²) in [6.45, 7) is 1.54. The van der Waals surface area contributed by atoms with Gasteiger partial charge in [-0.2, -0.15) is 0 Å². The number of ether oxygens (including phenoxy) is 1. The number of anilines is 1. The molecule has 0 saturated carbocycles. The summed E-state index contributed by atoms with van der Waals surface area (Å²) in [6, 6.07) is 12.4. The standard InChI is InChI=1S/C15H13Br2NO/c16-12-7-10-5-6-19-15(10)11(8-12)9-18-14-4-2-1-3-13(14)17/h1-4,7-8,18H,5-6,9H2. The zero-order valence-electron chi connectivity index (χ0n) is 10.2. The fraction of sp³-hybridized carbons (Fsp3) is 0.200. The van der Waals surface area contributed by atoms with Crippen LogP contribution in [0.1, 0.15) is 11.1 Å². The molecule has 1 aliphatic rings. The van der Waals surface area contributed by atoms with E-state index in [1.807, 2.05) is 18.2 Å². The second-order valence-corrected chi connectivity index (χ2v) is 6.26. The molecule has 3 rings (SSSR count). The lowest BCUT2D eigenvalue weighted by atomic mass is 10.1. The minimum Gasteiger partial charge on any atom is -0.493 e. The van der Waals surface area contributed by atoms with Gasteiger partial charge in [-0.05, 0) is 45.8 Å². The van der Waals surface area contributed by atoms with Crippen LogP contribution in [0.2, 0.25) is 0 Å². The zero-order valence-corrected chi connectivity index (χ0v) is 13.4. The number of fused-ring (bicyclic) bond motifs is 1. The van der Waals surface area contributed by atoms with Crippen LogP contribution in [0, 0.1) is 0 Å². The lowest BCUT2D eigenvalue weighted by molar-refractivity contribution is 0.354. The maximum atomic E-state index is 5.73. The molecule has 0 aromatic heterocycles. The summed E-state index contributed by atoms with van der Waals surface area (Å²) in [4.78, 5) is 0. The Balaban J connectivity index is 1.83. The number of halogens is 2. The van der Waals surface area contributed by atoms with Gasteiger partial charge in [0, 0.05) is 33.2 Å². The number of hydrogen-bond donors (Lipinski definition) is 1. The third-order valence-corrected chi connectivity index (χ3v) is 4.32. The third-order valence-electron chi connectivity index (χ3n) is 3.17. The van der Waals surface area contributed by atoms with Crippen LogP contribution in [0.15, 0.2) is 45.3 Å². The third kappa shape index (κ3) is 2.79. The Morgan fingerprint density at radius 3 is 2.84 bits per heavy atom. The van der Waals surface area contributed by atoms with Crippen molar-refractivity contribution < 1.29 is 4.74 Å². The van der Waals surface area contributed by atoms with Crippen LogP contribution in [0.5, 0.6) is 5.75 Å². The smallest absolute Gasteiger partial charge is 0.127 e. The van der Waals surface area contributed by atoms with E-state index in [1.54, 1.807) is 0 Å². The topological polar surface area (TPSA) is 21.3 Å². The number of benzene rings is 2. The highest BCUT2D eigenvalue weighted by molar-refractivity contribution is 9.10. The molecule has 0 unspecified atom stereocenters. The quantitative estimate of drug-likeness (QED) is 0.826. The first-order valence-electron chi connectivity index (χ1n) is 6.16. The summed E-state index contributed by atoms with van der Waals surface area (Å²) < 4.78 is 7.91. The van der Waals surface area contributed by atoms with Gasteiger partial charge in [0.05, 0.1) is 6.61 Å². The Bertz CT molecular complexity index is 613. The van der Waals surface area contributed by atoms with Crippen molar-refractivity contribution in [3.05, 3.63) is 56.5 Å². The van der Waals surface area contributed by atoms with Gasteiger partial charge in [0.15, 0.2) is 0 Å². The molecule has 1 N–H and O–H groups in total. The first-order chi connectivity index (χ1) is 9.24. The highest BCUT2D eigenvalue weighted by Crippen LogP contribution is 2.33. The van der Waals surface area contributed by atoms with Crippen molar-refractivity contribution in [3.8, 4) is 5.75 Å². The maximum Gasteiger partial charge on any atom is 0.127 e. The Hall–Kier alpha value is -1.00. The second kappa shape index (κ2) is 5.55. The van der Waals surface area contributed by atoms with Crippen molar-refractivity contribution in [1.29, 1.82) is 0 Å². The van der Waals surface area contributed by atoms with Crippen LogP contribution in [0.25, 0.3) is 0 Å². The first kappa shape index (κ1) is 13.0. The van der Waals surface area contributed by atoms with Crippen LogP contribution in [-0.4, -0.2) is 6.61 Å². The highest BCUT2D eigenvalue weighted by Gasteiger charge is 2.17. The molecule has 2 nitrogen and oxygen atoms in total. The Morgan fingerprint density at radius 2 is 2.00 bits per heavy atom. The van der Waals surface area contributed by atoms with Crippen LogP contribution >= 0.6 is 31.9 Å². The molecule has 0 amide bonds. The largest absolute Gasteiger partial charge is 0.493 e. The fourth-order valence-corrected chi connectivity index (χ4v) is 3.25. The molecular formula is C15H13Br2NO. The van der Waals surface area contributed by atoms with Crippen LogP contribution in [0.4, 0.5) is 5.69 Å². The van der Waals surface area contributed by atoms with Crippen LogP contribution < -0.4 is 10.1 Å². The summed E-state index contributed by atoms with van der Waals surface area (Å²) in [7, 11) is 0. The Kier molecular flexibility index (Phi) is 3.80. The van der Waals surface area contributed by atoms with Gasteiger partial charge in [-0.1, -0.05) is 28.1 Å². The van der Waals surface area contributed by atoms with E-state index in [2.05, 4.69) is 55.4 Å². The van der Waals surface area contributed by atoms with Gasteiger partial charge in [-0.3, -0.25) is 0 Å². The molecule has 1 heterocycles. The molecule has 0 aliphatic carbocycles. The van der Waals surface area contributed by atoms with Crippen LogP contribution in [-0.2, 0) is 13.0 Å². The molecular weight excluding hydrogens is 370 g/mol. The summed E-state index contributed by atoms with van der Waals surface area (Å²) in [5.74, 6) is 1.04. The molecule has 19 heavy (non-hydrogen) atoms. The zero-order chi connectivity index (χ0) is 13.2. The average molecular weight is 383 g/mol. The van der Waals surface area contributed by atoms with Crippen molar-refractivity contribution in [2.75, 3.05) is 11.9 Å². The van der Waals surface area contributed by atoms with Gasteiger partial charge in [-0.25, -0.2) is 0 Å². The van der Waals surface area contributed by atoms with E-state index in [1.165, 1.54) is 11.1 Å². The average Bonchev–Trinajstić information content (AvgIpc) is 2.85. The van der Waals surface area contributed by atoms with Gasteiger partial charge in [0.25, 0.3) is 0 Å². The van der Waals surface area contributed by atoms with E-state index in [9.17, 15) is 0 Å². The van der Waals surface area contributed by atoms with Gasteiger partial charge in [0.1, 0.15) is 5.75 Å². The molecule has 0 atom stereocenters. The molecule has 0 saturated heterocycles. The molecule has 4 heteroatoms. The number of para-hydroxylation sites is 1. The number of hydrogen-bond acceptors (Lipinski definition) is 2. The van der Waals surface area contributed by atoms with Crippen molar-refractivity contribution in [2.45, 2.75) is 13.0 Å². The Labute approximate surface area is 129 Å². The lowest BCUT2D eigenvalue weighted by Crippen LogP contribution is -2.02. The van der Waals surface area contributed by atoms with Crippen molar-refractivity contribution >= 4 is 37.5 Å². The minimum atomic E-state index is 0.754. The molecule has 1 aliphatic heterocycles. The van der Waals surface area contributed by atoms with Crippen LogP contribution in [0.3, 0.4) is 0 Å². The van der Waals surface area contributed by atoms with E-state index < -0.39 is 0 Å². The summed E-state index contributed by atoms with van der Waals surface area (Å²) >= 11 is 7.11. The SMILES string of the molecule is Brc1cc2c(c(CNc3ccccc3Br)c1)OCC2. The predicted octanol–water partition coefficient (Wildman–Crippen LogP) is 4.76. The van der Waals surface area contributed by atoms with Gasteiger partial charge in [-0.15, -0.1) is 0 Å². The first-order valence-corrected chi connectivity index (χ1v) is 7.75. The Morgan fingerprint density at radius 1 is 1.16 bits per heavy atom. The molecule has 0 bridgehead atoms. The molecule has 2 aromatic rings. The van der Waals surface area contributed by atoms with Gasteiger partial charge in [0.2, 0.25) is 0 Å². The van der Waals surface area contributed by atoms with Crippen molar-refractivity contribution in [1.82, 2.24) is 0 Å². The molecule has 0 spiro atoms. The summed E-state index contributed by atoms with van der Waals surface area (Å²) in [6.07, 6.45) is 0.997. The second-order valence-electron chi connectivity index (χ2n) is 4.49. The molecule has 0 radical (unpaired) electrons. The molecule has 2 aromatic carbocycles. The summed E-state index contributed by atoms with van der Waals surface area (Å²) in [5.41, 5.74) is 3.57. The van der Waals surface area contributed by atoms with Gasteiger partial charge < -0.3 is 10.1 Å². The van der Waals surface area contributed by atoms with Crippen molar-refractivity contribution in [3.63, 3.8) is 0 Å². The van der Waals surface area contributed by atoms with Gasteiger partial charge >= 0.3 is 0 Å². The molecule has 98 valence electrons. The maximum absolute atomic E-state index is 5.73. The normalized spacial score (nSPS) is 12.9. The monoisotopic (exact) mass is 381 g/mol. The molecule has 0 fully saturated rings. The lowest BCUT2D eigenvalue weighted by Gasteiger charge is -2.12. The van der Waals surface area contributed by atoms with E-state index in [4.69, 9.17) is 4.74 Å². The predicted molar refractivity (Wildman–Crippen MR) is 84.8 cm³/mol. The van der Waals surface area contributed by atoms with E-state index >= 15 is 0 Å². The minimum absolute atomic E-state index is 0.754. The summed E-state index contributed by atoms with van der Waals surface area (Å²) in [5, 5.41) is 3.44. The number of nitrogens with one attached hydrogen (secondary N) is 1. The fourth-order valence-electron chi connectivity index (χ4n) is 2.27. The van der Waals surface area contributed by atoms with Crippen molar-refractivity contribution in [2.24, 2.45) is 0 Å². The van der Waals surface area contributed by atoms with E-state index in [0.29, 0.717) is 0 Å². The van der Waals surface area contributed by atoms with E-state index in [-0.39, 0.29) is 0 Å².